The van der Waals surface area contributed by atoms with Gasteiger partial charge in [-0.2, -0.15) is 0 Å². The molecular formula is C31H46O5. The van der Waals surface area contributed by atoms with Crippen molar-refractivity contribution in [2.24, 2.45) is 34.0 Å². The Morgan fingerprint density at radius 1 is 1.14 bits per heavy atom. The molecule has 0 amide bonds. The molecule has 0 aliphatic heterocycles. The van der Waals surface area contributed by atoms with E-state index in [2.05, 4.69) is 39.8 Å². The predicted molar refractivity (Wildman–Crippen MR) is 141 cm³/mol. The van der Waals surface area contributed by atoms with Crippen molar-refractivity contribution in [2.75, 3.05) is 0 Å². The van der Waals surface area contributed by atoms with Gasteiger partial charge < -0.3 is 14.9 Å². The number of hydrogen-bond donors (Lipinski definition) is 2. The first kappa shape index (κ1) is 27.2. The zero-order valence-electron chi connectivity index (χ0n) is 23.3. The Hall–Kier alpha value is -1.88. The summed E-state index contributed by atoms with van der Waals surface area (Å²) in [5.41, 5.74) is 3.70. The molecule has 3 fully saturated rings. The second-order valence-corrected chi connectivity index (χ2v) is 13.0. The average Bonchev–Trinajstić information content (AvgIpc) is 3.05. The van der Waals surface area contributed by atoms with Crippen LogP contribution in [0, 0.1) is 34.0 Å². The van der Waals surface area contributed by atoms with Gasteiger partial charge in [-0.3, -0.25) is 4.79 Å². The number of carboxylic acid groups (broad SMARTS) is 1. The molecule has 0 radical (unpaired) electrons. The molecular weight excluding hydrogens is 452 g/mol. The molecule has 2 N–H and O–H groups in total. The molecule has 3 saturated carbocycles. The molecule has 0 aromatic rings. The van der Waals surface area contributed by atoms with E-state index in [0.29, 0.717) is 30.8 Å². The monoisotopic (exact) mass is 498 g/mol. The van der Waals surface area contributed by atoms with E-state index in [4.69, 9.17) is 4.74 Å². The van der Waals surface area contributed by atoms with Crippen LogP contribution in [0.3, 0.4) is 0 Å². The quantitative estimate of drug-likeness (QED) is 0.253. The highest BCUT2D eigenvalue weighted by molar-refractivity contribution is 5.88. The SMILES string of the molecule is CC(=O)O[C@H]1C[C@@]2(C)[C@@H](CC=C3[C@]2(C)CC[C@H]2[C@H](C)[C@H](O)CC[C@]32C)/C1=C(/CCC=C(C)C)C(=O)O. The van der Waals surface area contributed by atoms with Crippen molar-refractivity contribution in [2.45, 2.75) is 112 Å². The molecule has 0 heterocycles. The summed E-state index contributed by atoms with van der Waals surface area (Å²) in [6, 6.07) is 0. The third-order valence-electron chi connectivity index (χ3n) is 11.0. The Labute approximate surface area is 217 Å². The van der Waals surface area contributed by atoms with E-state index in [0.717, 1.165) is 37.7 Å². The van der Waals surface area contributed by atoms with Crippen LogP contribution >= 0.6 is 0 Å². The maximum atomic E-state index is 12.6. The highest BCUT2D eigenvalue weighted by Gasteiger charge is 2.66. The molecule has 200 valence electrons. The van der Waals surface area contributed by atoms with Crippen molar-refractivity contribution in [3.8, 4) is 0 Å². The van der Waals surface area contributed by atoms with Gasteiger partial charge in [0, 0.05) is 12.5 Å². The molecule has 5 heteroatoms. The number of carboxylic acids is 1. The van der Waals surface area contributed by atoms with Crippen molar-refractivity contribution in [3.63, 3.8) is 0 Å². The standard InChI is InChI=1S/C31H46O5/c1-18(2)9-8-10-21(28(34)35)27-23-11-12-26-29(5)15-14-24(33)19(3)22(29)13-16-30(26,6)31(23,7)17-25(27)36-20(4)32/h9,12,19,22-25,33H,8,10-11,13-17H2,1-7H3,(H,34,35)/b27-21+/t19-,22-,23-,24+,25-,29-,30-,31-/m0/s1. The largest absolute Gasteiger partial charge is 0.478 e. The topological polar surface area (TPSA) is 83.8 Å². The number of carbonyl (C=O) groups is 2. The lowest BCUT2D eigenvalue weighted by molar-refractivity contribution is -0.145. The molecule has 4 aliphatic carbocycles. The number of rotatable bonds is 5. The summed E-state index contributed by atoms with van der Waals surface area (Å²) in [5, 5.41) is 20.9. The van der Waals surface area contributed by atoms with Crippen molar-refractivity contribution >= 4 is 11.9 Å². The van der Waals surface area contributed by atoms with Crippen LogP contribution in [0.2, 0.25) is 0 Å². The maximum Gasteiger partial charge on any atom is 0.331 e. The predicted octanol–water partition coefficient (Wildman–Crippen LogP) is 6.62. The summed E-state index contributed by atoms with van der Waals surface area (Å²) in [7, 11) is 0. The van der Waals surface area contributed by atoms with E-state index >= 15 is 0 Å². The number of carbonyl (C=O) groups excluding carboxylic acids is 1. The van der Waals surface area contributed by atoms with E-state index in [9.17, 15) is 19.8 Å². The molecule has 0 aromatic carbocycles. The highest BCUT2D eigenvalue weighted by Crippen LogP contribution is 2.72. The summed E-state index contributed by atoms with van der Waals surface area (Å²) in [6.07, 6.45) is 10.3. The lowest BCUT2D eigenvalue weighted by Gasteiger charge is -2.64. The minimum atomic E-state index is -0.890. The number of aliphatic hydroxyl groups is 1. The normalized spacial score (nSPS) is 42.9. The summed E-state index contributed by atoms with van der Waals surface area (Å²) >= 11 is 0. The van der Waals surface area contributed by atoms with E-state index in [1.54, 1.807) is 0 Å². The lowest BCUT2D eigenvalue weighted by Crippen LogP contribution is -2.56. The smallest absolute Gasteiger partial charge is 0.331 e. The molecule has 0 unspecified atom stereocenters. The Bertz CT molecular complexity index is 1020. The zero-order chi connectivity index (χ0) is 26.6. The lowest BCUT2D eigenvalue weighted by atomic mass is 9.40. The van der Waals surface area contributed by atoms with Gasteiger partial charge in [-0.25, -0.2) is 4.79 Å². The van der Waals surface area contributed by atoms with Gasteiger partial charge >= 0.3 is 11.9 Å². The third-order valence-corrected chi connectivity index (χ3v) is 11.0. The van der Waals surface area contributed by atoms with Gasteiger partial charge in [-0.1, -0.05) is 51.0 Å². The number of allylic oxidation sites excluding steroid dienone is 4. The second kappa shape index (κ2) is 9.45. The van der Waals surface area contributed by atoms with Gasteiger partial charge in [0.1, 0.15) is 6.10 Å². The number of hydrogen-bond acceptors (Lipinski definition) is 4. The summed E-state index contributed by atoms with van der Waals surface area (Å²) < 4.78 is 5.90. The fourth-order valence-corrected chi connectivity index (χ4v) is 8.95. The van der Waals surface area contributed by atoms with Gasteiger partial charge in [0.25, 0.3) is 0 Å². The number of esters is 1. The van der Waals surface area contributed by atoms with Gasteiger partial charge in [-0.05, 0) is 105 Å². The number of aliphatic hydroxyl groups excluding tert-OH is 1. The molecule has 0 saturated heterocycles. The van der Waals surface area contributed by atoms with E-state index in [1.807, 2.05) is 13.8 Å². The first-order valence-corrected chi connectivity index (χ1v) is 13.9. The Kier molecular flexibility index (Phi) is 7.13. The Morgan fingerprint density at radius 3 is 2.44 bits per heavy atom. The molecule has 4 aliphatic rings. The van der Waals surface area contributed by atoms with Gasteiger partial charge in [0.05, 0.1) is 6.10 Å². The van der Waals surface area contributed by atoms with Gasteiger partial charge in [0.15, 0.2) is 0 Å². The molecule has 4 rings (SSSR count). The van der Waals surface area contributed by atoms with Crippen LogP contribution in [0.4, 0.5) is 0 Å². The van der Waals surface area contributed by atoms with Gasteiger partial charge in [-0.15, -0.1) is 0 Å². The first-order chi connectivity index (χ1) is 16.8. The summed E-state index contributed by atoms with van der Waals surface area (Å²) in [4.78, 5) is 24.8. The molecule has 0 aromatic heterocycles. The van der Waals surface area contributed by atoms with E-state index in [-0.39, 0.29) is 40.2 Å². The van der Waals surface area contributed by atoms with E-state index < -0.39 is 12.1 Å². The Balaban J connectivity index is 1.82. The minimum Gasteiger partial charge on any atom is -0.478 e. The molecule has 36 heavy (non-hydrogen) atoms. The first-order valence-electron chi connectivity index (χ1n) is 13.9. The average molecular weight is 499 g/mol. The fourth-order valence-electron chi connectivity index (χ4n) is 8.95. The summed E-state index contributed by atoms with van der Waals surface area (Å²) in [5.74, 6) is -0.460. The summed E-state index contributed by atoms with van der Waals surface area (Å²) in [6.45, 7) is 14.8. The molecule has 0 spiro atoms. The number of fused-ring (bicyclic) bond motifs is 5. The van der Waals surface area contributed by atoms with Crippen molar-refractivity contribution in [1.82, 2.24) is 0 Å². The zero-order valence-corrected chi connectivity index (χ0v) is 23.3. The third kappa shape index (κ3) is 4.10. The van der Waals surface area contributed by atoms with Crippen LogP contribution in [0.15, 0.2) is 34.4 Å². The van der Waals surface area contributed by atoms with Crippen molar-refractivity contribution < 1.29 is 24.5 Å². The maximum absolute atomic E-state index is 12.6. The van der Waals surface area contributed by atoms with Crippen LogP contribution < -0.4 is 0 Å². The van der Waals surface area contributed by atoms with Crippen molar-refractivity contribution in [3.05, 3.63) is 34.4 Å². The van der Waals surface area contributed by atoms with Gasteiger partial charge in [0.2, 0.25) is 0 Å². The van der Waals surface area contributed by atoms with Crippen molar-refractivity contribution in [1.29, 1.82) is 0 Å². The minimum absolute atomic E-state index is 0.0418. The highest BCUT2D eigenvalue weighted by atomic mass is 16.5. The fraction of sp³-hybridized carbons (Fsp3) is 0.742. The number of ether oxygens (including phenoxy) is 1. The van der Waals surface area contributed by atoms with Crippen LogP contribution in [0.5, 0.6) is 0 Å². The number of aliphatic carboxylic acids is 1. The molecule has 5 nitrogen and oxygen atoms in total. The molecule has 8 atom stereocenters. The molecule has 0 bridgehead atoms. The van der Waals surface area contributed by atoms with Crippen LogP contribution in [0.25, 0.3) is 0 Å². The van der Waals surface area contributed by atoms with Crippen LogP contribution in [0.1, 0.15) is 99.8 Å². The second-order valence-electron chi connectivity index (χ2n) is 13.0. The van der Waals surface area contributed by atoms with Crippen LogP contribution in [-0.4, -0.2) is 34.4 Å². The van der Waals surface area contributed by atoms with Crippen LogP contribution in [-0.2, 0) is 14.3 Å². The Morgan fingerprint density at radius 2 is 1.83 bits per heavy atom. The van der Waals surface area contributed by atoms with E-state index in [1.165, 1.54) is 18.1 Å².